The summed E-state index contributed by atoms with van der Waals surface area (Å²) in [5.74, 6) is 0.176. The molecule has 1 aromatic heterocycles. The van der Waals surface area contributed by atoms with E-state index in [1.807, 2.05) is 0 Å². The van der Waals surface area contributed by atoms with Crippen molar-refractivity contribution < 1.29 is 9.13 Å². The van der Waals surface area contributed by atoms with Gasteiger partial charge in [0.25, 0.3) is 0 Å². The van der Waals surface area contributed by atoms with Crippen LogP contribution in [-0.2, 0) is 6.61 Å². The molecule has 0 amide bonds. The maximum atomic E-state index is 13.2. The highest BCUT2D eigenvalue weighted by molar-refractivity contribution is 6.29. The van der Waals surface area contributed by atoms with Crippen molar-refractivity contribution >= 4 is 11.6 Å². The van der Waals surface area contributed by atoms with Crippen molar-refractivity contribution in [2.24, 2.45) is 0 Å². The zero-order valence-corrected chi connectivity index (χ0v) is 9.91. The minimum Gasteiger partial charge on any atom is -0.487 e. The third kappa shape index (κ3) is 3.14. The Kier molecular flexibility index (Phi) is 3.54. The molecule has 0 saturated heterocycles. The first-order valence-electron chi connectivity index (χ1n) is 5.00. The average Bonchev–Trinajstić information content (AvgIpc) is 2.33. The van der Waals surface area contributed by atoms with Gasteiger partial charge in [0.1, 0.15) is 23.3 Å². The normalized spacial score (nSPS) is 10.3. The molecule has 3 nitrogen and oxygen atoms in total. The topological polar surface area (TPSA) is 35.0 Å². The standard InChI is InChI=1S/C12H10ClFN2O/c1-8-2-3-10(4-11(8)14)17-7-9-5-16-12(13)6-15-9/h2-6H,7H2,1H3. The fourth-order valence-corrected chi connectivity index (χ4v) is 1.33. The van der Waals surface area contributed by atoms with Crippen LogP contribution in [0.15, 0.2) is 30.6 Å². The van der Waals surface area contributed by atoms with Gasteiger partial charge in [0.2, 0.25) is 0 Å². The van der Waals surface area contributed by atoms with Crippen molar-refractivity contribution in [2.45, 2.75) is 13.5 Å². The Bertz CT molecular complexity index is 516. The number of halogens is 2. The molecule has 0 atom stereocenters. The van der Waals surface area contributed by atoms with Crippen molar-refractivity contribution in [2.75, 3.05) is 0 Å². The second-order valence-corrected chi connectivity index (χ2v) is 3.92. The predicted octanol–water partition coefficient (Wildman–Crippen LogP) is 3.16. The van der Waals surface area contributed by atoms with E-state index in [9.17, 15) is 4.39 Å². The summed E-state index contributed by atoms with van der Waals surface area (Å²) < 4.78 is 18.6. The third-order valence-electron chi connectivity index (χ3n) is 2.20. The second-order valence-electron chi connectivity index (χ2n) is 3.53. The Hall–Kier alpha value is -1.68. The minimum atomic E-state index is -0.287. The molecule has 0 aliphatic rings. The third-order valence-corrected chi connectivity index (χ3v) is 2.40. The van der Waals surface area contributed by atoms with Gasteiger partial charge in [-0.1, -0.05) is 17.7 Å². The highest BCUT2D eigenvalue weighted by Gasteiger charge is 2.01. The van der Waals surface area contributed by atoms with E-state index in [2.05, 4.69) is 9.97 Å². The number of aromatic nitrogens is 2. The number of hydrogen-bond donors (Lipinski definition) is 0. The van der Waals surface area contributed by atoms with Crippen molar-refractivity contribution in [3.05, 3.63) is 52.8 Å². The summed E-state index contributed by atoms with van der Waals surface area (Å²) in [6.07, 6.45) is 2.96. The molecule has 2 rings (SSSR count). The zero-order chi connectivity index (χ0) is 12.3. The summed E-state index contributed by atoms with van der Waals surface area (Å²) in [7, 11) is 0. The van der Waals surface area contributed by atoms with Crippen LogP contribution in [0.5, 0.6) is 5.75 Å². The van der Waals surface area contributed by atoms with Gasteiger partial charge >= 0.3 is 0 Å². The first-order valence-corrected chi connectivity index (χ1v) is 5.38. The molecule has 1 aromatic carbocycles. The van der Waals surface area contributed by atoms with Crippen LogP contribution in [-0.4, -0.2) is 9.97 Å². The number of hydrogen-bond acceptors (Lipinski definition) is 3. The molecule has 88 valence electrons. The SMILES string of the molecule is Cc1ccc(OCc2cnc(Cl)cn2)cc1F. The molecule has 0 bridgehead atoms. The Morgan fingerprint density at radius 2 is 2.12 bits per heavy atom. The highest BCUT2D eigenvalue weighted by atomic mass is 35.5. The Balaban J connectivity index is 2.02. The van der Waals surface area contributed by atoms with Gasteiger partial charge in [-0.05, 0) is 18.6 Å². The van der Waals surface area contributed by atoms with Gasteiger partial charge in [0, 0.05) is 6.07 Å². The molecule has 0 aliphatic heterocycles. The average molecular weight is 253 g/mol. The van der Waals surface area contributed by atoms with Gasteiger partial charge in [0.15, 0.2) is 0 Å². The lowest BCUT2D eigenvalue weighted by atomic mass is 10.2. The van der Waals surface area contributed by atoms with Crippen LogP contribution in [0.2, 0.25) is 5.15 Å². The van der Waals surface area contributed by atoms with Gasteiger partial charge in [0.05, 0.1) is 18.1 Å². The van der Waals surface area contributed by atoms with Crippen molar-refractivity contribution in [1.29, 1.82) is 0 Å². The van der Waals surface area contributed by atoms with Gasteiger partial charge < -0.3 is 4.74 Å². The van der Waals surface area contributed by atoms with Crippen LogP contribution in [0.3, 0.4) is 0 Å². The Morgan fingerprint density at radius 3 is 2.76 bits per heavy atom. The molecule has 0 fully saturated rings. The van der Waals surface area contributed by atoms with Crippen LogP contribution in [0, 0.1) is 12.7 Å². The monoisotopic (exact) mass is 252 g/mol. The van der Waals surface area contributed by atoms with E-state index in [1.165, 1.54) is 18.5 Å². The van der Waals surface area contributed by atoms with Gasteiger partial charge in [-0.25, -0.2) is 9.37 Å². The van der Waals surface area contributed by atoms with Crippen molar-refractivity contribution in [3.63, 3.8) is 0 Å². The molecule has 17 heavy (non-hydrogen) atoms. The molecule has 0 aliphatic carbocycles. The van der Waals surface area contributed by atoms with E-state index >= 15 is 0 Å². The summed E-state index contributed by atoms with van der Waals surface area (Å²) in [5, 5.41) is 0.329. The van der Waals surface area contributed by atoms with Gasteiger partial charge in [-0.15, -0.1) is 0 Å². The maximum Gasteiger partial charge on any atom is 0.147 e. The Morgan fingerprint density at radius 1 is 1.29 bits per heavy atom. The number of ether oxygens (including phenoxy) is 1. The predicted molar refractivity (Wildman–Crippen MR) is 62.5 cm³/mol. The zero-order valence-electron chi connectivity index (χ0n) is 9.15. The van der Waals surface area contributed by atoms with Crippen LogP contribution in [0.4, 0.5) is 4.39 Å². The molecular weight excluding hydrogens is 243 g/mol. The maximum absolute atomic E-state index is 13.2. The van der Waals surface area contributed by atoms with Crippen molar-refractivity contribution in [1.82, 2.24) is 9.97 Å². The van der Waals surface area contributed by atoms with Gasteiger partial charge in [-0.3, -0.25) is 4.98 Å². The van der Waals surface area contributed by atoms with E-state index < -0.39 is 0 Å². The summed E-state index contributed by atoms with van der Waals surface area (Å²) in [6.45, 7) is 1.93. The van der Waals surface area contributed by atoms with E-state index in [-0.39, 0.29) is 12.4 Å². The van der Waals surface area contributed by atoms with E-state index in [0.717, 1.165) is 0 Å². The van der Waals surface area contributed by atoms with Crippen LogP contribution in [0.25, 0.3) is 0 Å². The van der Waals surface area contributed by atoms with E-state index in [4.69, 9.17) is 16.3 Å². The second kappa shape index (κ2) is 5.10. The molecule has 0 saturated carbocycles. The number of nitrogens with zero attached hydrogens (tertiary/aromatic N) is 2. The molecule has 0 spiro atoms. The van der Waals surface area contributed by atoms with Crippen molar-refractivity contribution in [3.8, 4) is 5.75 Å². The van der Waals surface area contributed by atoms with Crippen LogP contribution < -0.4 is 4.74 Å². The Labute approximate surface area is 103 Å². The molecule has 2 aromatic rings. The van der Waals surface area contributed by atoms with Gasteiger partial charge in [-0.2, -0.15) is 0 Å². The summed E-state index contributed by atoms with van der Waals surface area (Å²) in [5.41, 5.74) is 1.22. The van der Waals surface area contributed by atoms with E-state index in [0.29, 0.717) is 22.2 Å². The minimum absolute atomic E-state index is 0.229. The summed E-state index contributed by atoms with van der Waals surface area (Å²) >= 11 is 5.60. The number of aryl methyl sites for hydroxylation is 1. The lowest BCUT2D eigenvalue weighted by Gasteiger charge is -2.06. The van der Waals surface area contributed by atoms with Crippen LogP contribution in [0.1, 0.15) is 11.3 Å². The number of rotatable bonds is 3. The lowest BCUT2D eigenvalue weighted by Crippen LogP contribution is -1.99. The smallest absolute Gasteiger partial charge is 0.147 e. The van der Waals surface area contributed by atoms with E-state index in [1.54, 1.807) is 19.1 Å². The molecule has 5 heteroatoms. The quantitative estimate of drug-likeness (QED) is 0.842. The fourth-order valence-electron chi connectivity index (χ4n) is 1.23. The largest absolute Gasteiger partial charge is 0.487 e. The molecule has 0 unspecified atom stereocenters. The molecular formula is C12H10ClFN2O. The first-order chi connectivity index (χ1) is 8.15. The van der Waals surface area contributed by atoms with Crippen LogP contribution >= 0.6 is 11.6 Å². The first kappa shape index (κ1) is 11.8. The molecule has 1 heterocycles. The lowest BCUT2D eigenvalue weighted by molar-refractivity contribution is 0.299. The number of benzene rings is 1. The molecule has 0 N–H and O–H groups in total. The summed E-state index contributed by atoms with van der Waals surface area (Å²) in [4.78, 5) is 7.89. The highest BCUT2D eigenvalue weighted by Crippen LogP contribution is 2.16. The fraction of sp³-hybridized carbons (Fsp3) is 0.167. The molecule has 0 radical (unpaired) electrons. The summed E-state index contributed by atoms with van der Waals surface area (Å²) in [6, 6.07) is 4.72.